The summed E-state index contributed by atoms with van der Waals surface area (Å²) in [5.41, 5.74) is 11.5. The van der Waals surface area contributed by atoms with E-state index in [2.05, 4.69) is 4.98 Å². The van der Waals surface area contributed by atoms with Crippen LogP contribution in [0.15, 0.2) is 12.3 Å². The zero-order valence-corrected chi connectivity index (χ0v) is 7.16. The Morgan fingerprint density at radius 2 is 2.23 bits per heavy atom. The predicted octanol–water partition coefficient (Wildman–Crippen LogP) is 0.150. The van der Waals surface area contributed by atoms with E-state index in [-0.39, 0.29) is 17.1 Å². The molecule has 68 valence electrons. The maximum absolute atomic E-state index is 10.8. The molecule has 1 aromatic heterocycles. The van der Waals surface area contributed by atoms with E-state index >= 15 is 0 Å². The number of carbonyl (C=O) groups is 1. The molecule has 0 radical (unpaired) electrons. The number of pyridine rings is 1. The van der Waals surface area contributed by atoms with Crippen LogP contribution in [0.5, 0.6) is 0 Å². The number of nitrogen functional groups attached to an aromatic ring is 1. The minimum Gasteiger partial charge on any atom is -0.383 e. The van der Waals surface area contributed by atoms with Crippen LogP contribution in [0.1, 0.15) is 22.8 Å². The average Bonchev–Trinajstić information content (AvgIpc) is 2.04. The molecule has 0 saturated heterocycles. The van der Waals surface area contributed by atoms with E-state index in [0.29, 0.717) is 5.56 Å². The number of aromatic nitrogens is 1. The molecule has 0 aromatic carbocycles. The molecular formula is C8H10N4O. The minimum absolute atomic E-state index is 0.234. The summed E-state index contributed by atoms with van der Waals surface area (Å²) in [5.74, 6) is -0.340. The summed E-state index contributed by atoms with van der Waals surface area (Å²) in [6, 6.07) is 1.47. The zero-order chi connectivity index (χ0) is 10.0. The Morgan fingerprint density at radius 3 is 2.69 bits per heavy atom. The third-order valence-electron chi connectivity index (χ3n) is 1.61. The summed E-state index contributed by atoms with van der Waals surface area (Å²) >= 11 is 0. The standard InChI is InChI=1S/C8H10N4O/c1-4(9)6-2-5(8(11)13)3-12-7(6)10/h2-3,9H,1H3,(H2,10,12)(H2,11,13). The number of rotatable bonds is 2. The van der Waals surface area contributed by atoms with Crippen molar-refractivity contribution in [1.29, 1.82) is 5.41 Å². The highest BCUT2D eigenvalue weighted by atomic mass is 16.1. The number of nitrogens with one attached hydrogen (secondary N) is 1. The monoisotopic (exact) mass is 178 g/mol. The highest BCUT2D eigenvalue weighted by molar-refractivity contribution is 6.03. The fraction of sp³-hybridized carbons (Fsp3) is 0.125. The molecule has 0 aliphatic carbocycles. The number of hydrogen-bond acceptors (Lipinski definition) is 4. The Balaban J connectivity index is 3.27. The van der Waals surface area contributed by atoms with Crippen LogP contribution in [-0.4, -0.2) is 16.6 Å². The van der Waals surface area contributed by atoms with Crippen molar-refractivity contribution < 1.29 is 4.79 Å². The number of amides is 1. The lowest BCUT2D eigenvalue weighted by Crippen LogP contribution is -2.13. The van der Waals surface area contributed by atoms with Crippen LogP contribution in [0.2, 0.25) is 0 Å². The quantitative estimate of drug-likeness (QED) is 0.561. The Hall–Kier alpha value is -1.91. The molecule has 0 saturated carbocycles. The van der Waals surface area contributed by atoms with Gasteiger partial charge in [-0.2, -0.15) is 0 Å². The number of nitrogens with two attached hydrogens (primary N) is 2. The fourth-order valence-electron chi connectivity index (χ4n) is 0.910. The van der Waals surface area contributed by atoms with Crippen LogP contribution in [0.25, 0.3) is 0 Å². The highest BCUT2D eigenvalue weighted by Crippen LogP contribution is 2.10. The van der Waals surface area contributed by atoms with E-state index < -0.39 is 5.91 Å². The molecule has 0 unspecified atom stereocenters. The van der Waals surface area contributed by atoms with Gasteiger partial charge >= 0.3 is 0 Å². The summed E-state index contributed by atoms with van der Waals surface area (Å²) in [5, 5.41) is 7.34. The molecule has 5 nitrogen and oxygen atoms in total. The average molecular weight is 178 g/mol. The first-order valence-electron chi connectivity index (χ1n) is 3.63. The van der Waals surface area contributed by atoms with Gasteiger partial charge < -0.3 is 16.9 Å². The summed E-state index contributed by atoms with van der Waals surface area (Å²) < 4.78 is 0. The normalized spacial score (nSPS) is 9.62. The van der Waals surface area contributed by atoms with Crippen LogP contribution < -0.4 is 11.5 Å². The number of hydrogen-bond donors (Lipinski definition) is 3. The molecule has 0 spiro atoms. The van der Waals surface area contributed by atoms with Crippen molar-refractivity contribution >= 4 is 17.4 Å². The molecule has 1 rings (SSSR count). The predicted molar refractivity (Wildman–Crippen MR) is 49.7 cm³/mol. The molecule has 0 fully saturated rings. The maximum Gasteiger partial charge on any atom is 0.250 e. The number of carbonyl (C=O) groups excluding carboxylic acids is 1. The number of anilines is 1. The van der Waals surface area contributed by atoms with Crippen LogP contribution in [0.3, 0.4) is 0 Å². The van der Waals surface area contributed by atoms with Gasteiger partial charge in [0.2, 0.25) is 5.91 Å². The summed E-state index contributed by atoms with van der Waals surface area (Å²) in [6.07, 6.45) is 1.30. The van der Waals surface area contributed by atoms with Crippen molar-refractivity contribution in [1.82, 2.24) is 4.98 Å². The highest BCUT2D eigenvalue weighted by Gasteiger charge is 2.07. The van der Waals surface area contributed by atoms with Crippen molar-refractivity contribution in [3.8, 4) is 0 Å². The van der Waals surface area contributed by atoms with Crippen molar-refractivity contribution in [3.05, 3.63) is 23.4 Å². The van der Waals surface area contributed by atoms with E-state index in [1.165, 1.54) is 12.3 Å². The molecule has 0 aliphatic heterocycles. The first kappa shape index (κ1) is 9.18. The molecule has 13 heavy (non-hydrogen) atoms. The first-order chi connectivity index (χ1) is 6.02. The largest absolute Gasteiger partial charge is 0.383 e. The van der Waals surface area contributed by atoms with Gasteiger partial charge in [0.25, 0.3) is 0 Å². The van der Waals surface area contributed by atoms with E-state index in [1.54, 1.807) is 6.92 Å². The molecule has 1 heterocycles. The Morgan fingerprint density at radius 1 is 1.62 bits per heavy atom. The van der Waals surface area contributed by atoms with Crippen molar-refractivity contribution in [2.24, 2.45) is 5.73 Å². The molecule has 5 heteroatoms. The van der Waals surface area contributed by atoms with E-state index in [4.69, 9.17) is 16.9 Å². The van der Waals surface area contributed by atoms with Gasteiger partial charge in [-0.05, 0) is 13.0 Å². The minimum atomic E-state index is -0.574. The SMILES string of the molecule is CC(=N)c1cc(C(N)=O)cnc1N. The van der Waals surface area contributed by atoms with Gasteiger partial charge in [0, 0.05) is 17.5 Å². The molecular weight excluding hydrogens is 168 g/mol. The van der Waals surface area contributed by atoms with Gasteiger partial charge in [-0.25, -0.2) is 4.98 Å². The second-order valence-electron chi connectivity index (χ2n) is 2.65. The molecule has 0 aliphatic rings. The molecule has 1 aromatic rings. The molecule has 5 N–H and O–H groups in total. The summed E-state index contributed by atoms with van der Waals surface area (Å²) in [7, 11) is 0. The second kappa shape index (κ2) is 3.22. The van der Waals surface area contributed by atoms with Gasteiger partial charge in [-0.3, -0.25) is 4.79 Å². The van der Waals surface area contributed by atoms with E-state index in [1.807, 2.05) is 0 Å². The third kappa shape index (κ3) is 1.81. The Bertz CT molecular complexity index is 372. The molecule has 1 amide bonds. The van der Waals surface area contributed by atoms with Crippen LogP contribution in [0, 0.1) is 5.41 Å². The van der Waals surface area contributed by atoms with Crippen LogP contribution >= 0.6 is 0 Å². The van der Waals surface area contributed by atoms with Gasteiger partial charge in [0.05, 0.1) is 5.56 Å². The van der Waals surface area contributed by atoms with E-state index in [9.17, 15) is 4.79 Å². The third-order valence-corrected chi connectivity index (χ3v) is 1.61. The lowest BCUT2D eigenvalue weighted by molar-refractivity contribution is 0.1000. The maximum atomic E-state index is 10.8. The topological polar surface area (TPSA) is 106 Å². The zero-order valence-electron chi connectivity index (χ0n) is 7.16. The second-order valence-corrected chi connectivity index (χ2v) is 2.65. The van der Waals surface area contributed by atoms with Crippen LogP contribution in [-0.2, 0) is 0 Å². The van der Waals surface area contributed by atoms with E-state index in [0.717, 1.165) is 0 Å². The fourth-order valence-corrected chi connectivity index (χ4v) is 0.910. The lowest BCUT2D eigenvalue weighted by Gasteiger charge is -2.03. The van der Waals surface area contributed by atoms with Gasteiger partial charge in [-0.15, -0.1) is 0 Å². The van der Waals surface area contributed by atoms with Crippen molar-refractivity contribution in [3.63, 3.8) is 0 Å². The van der Waals surface area contributed by atoms with Crippen molar-refractivity contribution in [2.75, 3.05) is 5.73 Å². The van der Waals surface area contributed by atoms with Crippen molar-refractivity contribution in [2.45, 2.75) is 6.92 Å². The molecule has 0 bridgehead atoms. The summed E-state index contributed by atoms with van der Waals surface area (Å²) in [6.45, 7) is 1.57. The Labute approximate surface area is 75.3 Å². The summed E-state index contributed by atoms with van der Waals surface area (Å²) in [4.78, 5) is 14.5. The van der Waals surface area contributed by atoms with Crippen LogP contribution in [0.4, 0.5) is 5.82 Å². The molecule has 0 atom stereocenters. The van der Waals surface area contributed by atoms with Gasteiger partial charge in [0.15, 0.2) is 0 Å². The lowest BCUT2D eigenvalue weighted by atomic mass is 10.1. The van der Waals surface area contributed by atoms with Gasteiger partial charge in [-0.1, -0.05) is 0 Å². The number of primary amides is 1. The first-order valence-corrected chi connectivity index (χ1v) is 3.63. The smallest absolute Gasteiger partial charge is 0.250 e. The van der Waals surface area contributed by atoms with Gasteiger partial charge in [0.1, 0.15) is 5.82 Å². The Kier molecular flexibility index (Phi) is 2.27. The number of nitrogens with zero attached hydrogens (tertiary/aromatic N) is 1.